The van der Waals surface area contributed by atoms with Crippen LogP contribution in [-0.4, -0.2) is 10.1 Å². The fraction of sp³-hybridized carbons (Fsp3) is 0.385. The van der Waals surface area contributed by atoms with Crippen LogP contribution < -0.4 is 5.73 Å². The fourth-order valence-electron chi connectivity index (χ4n) is 2.40. The molecule has 1 aliphatic rings. The van der Waals surface area contributed by atoms with Crippen molar-refractivity contribution in [3.8, 4) is 11.5 Å². The third-order valence-electron chi connectivity index (χ3n) is 3.39. The van der Waals surface area contributed by atoms with Gasteiger partial charge in [0.15, 0.2) is 5.82 Å². The predicted octanol–water partition coefficient (Wildman–Crippen LogP) is 3.12. The van der Waals surface area contributed by atoms with Crippen molar-refractivity contribution in [1.29, 1.82) is 0 Å². The first kappa shape index (κ1) is 11.2. The zero-order chi connectivity index (χ0) is 12.5. The highest BCUT2D eigenvalue weighted by atomic mass is 19.1. The van der Waals surface area contributed by atoms with Crippen LogP contribution in [0.4, 0.5) is 10.1 Å². The molecule has 0 radical (unpaired) electrons. The van der Waals surface area contributed by atoms with Gasteiger partial charge in [0.2, 0.25) is 0 Å². The quantitative estimate of drug-likeness (QED) is 0.828. The second-order valence-corrected chi connectivity index (χ2v) is 4.68. The minimum Gasteiger partial charge on any atom is -0.399 e. The Morgan fingerprint density at radius 3 is 2.78 bits per heavy atom. The SMILES string of the molecule is Nc1ccc(-c2nc(C3CCCC3)no2)c(F)c1. The van der Waals surface area contributed by atoms with Gasteiger partial charge in [0.25, 0.3) is 5.89 Å². The summed E-state index contributed by atoms with van der Waals surface area (Å²) in [6.07, 6.45) is 4.57. The zero-order valence-electron chi connectivity index (χ0n) is 9.90. The van der Waals surface area contributed by atoms with Gasteiger partial charge in [-0.15, -0.1) is 0 Å². The summed E-state index contributed by atoms with van der Waals surface area (Å²) in [6.45, 7) is 0. The molecule has 0 amide bonds. The molecule has 2 N–H and O–H groups in total. The molecule has 1 heterocycles. The predicted molar refractivity (Wildman–Crippen MR) is 65.3 cm³/mol. The van der Waals surface area contributed by atoms with Gasteiger partial charge in [-0.05, 0) is 31.0 Å². The van der Waals surface area contributed by atoms with E-state index in [4.69, 9.17) is 10.3 Å². The first-order chi connectivity index (χ1) is 8.74. The summed E-state index contributed by atoms with van der Waals surface area (Å²) in [7, 11) is 0. The van der Waals surface area contributed by atoms with Gasteiger partial charge in [-0.1, -0.05) is 18.0 Å². The average molecular weight is 247 g/mol. The van der Waals surface area contributed by atoms with E-state index in [9.17, 15) is 4.39 Å². The minimum absolute atomic E-state index is 0.231. The first-order valence-electron chi connectivity index (χ1n) is 6.13. The van der Waals surface area contributed by atoms with Gasteiger partial charge in [-0.25, -0.2) is 4.39 Å². The van der Waals surface area contributed by atoms with E-state index in [0.29, 0.717) is 23.0 Å². The summed E-state index contributed by atoms with van der Waals surface area (Å²) in [5.41, 5.74) is 6.19. The maximum atomic E-state index is 13.7. The maximum absolute atomic E-state index is 13.7. The number of hydrogen-bond acceptors (Lipinski definition) is 4. The Hall–Kier alpha value is -1.91. The largest absolute Gasteiger partial charge is 0.399 e. The van der Waals surface area contributed by atoms with Crippen LogP contribution in [0.25, 0.3) is 11.5 Å². The monoisotopic (exact) mass is 247 g/mol. The number of hydrogen-bond donors (Lipinski definition) is 1. The van der Waals surface area contributed by atoms with Gasteiger partial charge in [-0.2, -0.15) is 4.98 Å². The number of aromatic nitrogens is 2. The Kier molecular flexibility index (Phi) is 2.74. The summed E-state index contributed by atoms with van der Waals surface area (Å²) in [4.78, 5) is 4.29. The van der Waals surface area contributed by atoms with Crippen LogP contribution in [-0.2, 0) is 0 Å². The second kappa shape index (κ2) is 4.40. The molecular weight excluding hydrogens is 233 g/mol. The van der Waals surface area contributed by atoms with Crippen molar-refractivity contribution in [2.75, 3.05) is 5.73 Å². The molecule has 0 saturated heterocycles. The second-order valence-electron chi connectivity index (χ2n) is 4.68. The van der Waals surface area contributed by atoms with E-state index in [2.05, 4.69) is 10.1 Å². The van der Waals surface area contributed by atoms with Gasteiger partial charge in [0.05, 0.1) is 5.56 Å². The molecule has 1 aromatic heterocycles. The minimum atomic E-state index is -0.434. The molecule has 0 spiro atoms. The van der Waals surface area contributed by atoms with Crippen LogP contribution in [0.1, 0.15) is 37.4 Å². The standard InChI is InChI=1S/C13H14FN3O/c14-11-7-9(15)5-6-10(11)13-16-12(17-18-13)8-3-1-2-4-8/h5-8H,1-4,15H2. The molecule has 0 bridgehead atoms. The van der Waals surface area contributed by atoms with E-state index < -0.39 is 5.82 Å². The third kappa shape index (κ3) is 1.96. The van der Waals surface area contributed by atoms with E-state index in [1.165, 1.54) is 18.9 Å². The maximum Gasteiger partial charge on any atom is 0.260 e. The Labute approximate surface area is 104 Å². The highest BCUT2D eigenvalue weighted by Gasteiger charge is 2.23. The summed E-state index contributed by atoms with van der Waals surface area (Å²) in [6, 6.07) is 4.45. The number of anilines is 1. The number of rotatable bonds is 2. The van der Waals surface area contributed by atoms with Crippen molar-refractivity contribution in [2.45, 2.75) is 31.6 Å². The van der Waals surface area contributed by atoms with Gasteiger partial charge in [0, 0.05) is 11.6 Å². The summed E-state index contributed by atoms with van der Waals surface area (Å²) in [5, 5.41) is 3.95. The van der Waals surface area contributed by atoms with Crippen LogP contribution in [0.2, 0.25) is 0 Å². The lowest BCUT2D eigenvalue weighted by molar-refractivity contribution is 0.414. The molecule has 2 aromatic rings. The molecule has 1 saturated carbocycles. The number of nitrogens with zero attached hydrogens (tertiary/aromatic N) is 2. The lowest BCUT2D eigenvalue weighted by atomic mass is 10.1. The van der Waals surface area contributed by atoms with Crippen LogP contribution in [0, 0.1) is 5.82 Å². The van der Waals surface area contributed by atoms with Crippen LogP contribution in [0.5, 0.6) is 0 Å². The third-order valence-corrected chi connectivity index (χ3v) is 3.39. The molecule has 3 rings (SSSR count). The van der Waals surface area contributed by atoms with Gasteiger partial charge < -0.3 is 10.3 Å². The molecule has 18 heavy (non-hydrogen) atoms. The van der Waals surface area contributed by atoms with E-state index >= 15 is 0 Å². The van der Waals surface area contributed by atoms with Gasteiger partial charge >= 0.3 is 0 Å². The Bertz CT molecular complexity index is 561. The van der Waals surface area contributed by atoms with Crippen LogP contribution in [0.3, 0.4) is 0 Å². The molecule has 94 valence electrons. The highest BCUT2D eigenvalue weighted by molar-refractivity contribution is 5.58. The molecule has 5 heteroatoms. The van der Waals surface area contributed by atoms with Gasteiger partial charge in [0.1, 0.15) is 5.82 Å². The highest BCUT2D eigenvalue weighted by Crippen LogP contribution is 2.33. The number of halogens is 1. The zero-order valence-corrected chi connectivity index (χ0v) is 9.90. The van der Waals surface area contributed by atoms with E-state index in [-0.39, 0.29) is 5.89 Å². The molecule has 4 nitrogen and oxygen atoms in total. The van der Waals surface area contributed by atoms with Crippen molar-refractivity contribution in [3.05, 3.63) is 29.8 Å². The molecular formula is C13H14FN3O. The Morgan fingerprint density at radius 1 is 1.28 bits per heavy atom. The van der Waals surface area contributed by atoms with Crippen LogP contribution in [0.15, 0.2) is 22.7 Å². The first-order valence-corrected chi connectivity index (χ1v) is 6.13. The van der Waals surface area contributed by atoms with E-state index in [1.807, 2.05) is 0 Å². The topological polar surface area (TPSA) is 64.9 Å². The average Bonchev–Trinajstić information content (AvgIpc) is 2.99. The van der Waals surface area contributed by atoms with Crippen molar-refractivity contribution >= 4 is 5.69 Å². The van der Waals surface area contributed by atoms with Crippen molar-refractivity contribution in [1.82, 2.24) is 10.1 Å². The number of benzene rings is 1. The van der Waals surface area contributed by atoms with Crippen molar-refractivity contribution in [2.24, 2.45) is 0 Å². The van der Waals surface area contributed by atoms with Crippen LogP contribution >= 0.6 is 0 Å². The van der Waals surface area contributed by atoms with Crippen molar-refractivity contribution < 1.29 is 8.91 Å². The van der Waals surface area contributed by atoms with Gasteiger partial charge in [-0.3, -0.25) is 0 Å². The van der Waals surface area contributed by atoms with E-state index in [0.717, 1.165) is 12.8 Å². The summed E-state index contributed by atoms with van der Waals surface area (Å²) in [5.74, 6) is 0.851. The number of nitrogens with two attached hydrogens (primary N) is 1. The molecule has 0 atom stereocenters. The lowest BCUT2D eigenvalue weighted by Gasteiger charge is -2.00. The Balaban J connectivity index is 1.92. The molecule has 0 aliphatic heterocycles. The summed E-state index contributed by atoms with van der Waals surface area (Å²) >= 11 is 0. The lowest BCUT2D eigenvalue weighted by Crippen LogP contribution is -1.95. The molecule has 0 unspecified atom stereocenters. The molecule has 1 aliphatic carbocycles. The number of nitrogen functional groups attached to an aromatic ring is 1. The fourth-order valence-corrected chi connectivity index (χ4v) is 2.40. The van der Waals surface area contributed by atoms with E-state index in [1.54, 1.807) is 12.1 Å². The molecule has 1 aromatic carbocycles. The smallest absolute Gasteiger partial charge is 0.260 e. The van der Waals surface area contributed by atoms with Crippen molar-refractivity contribution in [3.63, 3.8) is 0 Å². The Morgan fingerprint density at radius 2 is 2.06 bits per heavy atom. The molecule has 1 fully saturated rings. The summed E-state index contributed by atoms with van der Waals surface area (Å²) < 4.78 is 18.9. The normalized spacial score (nSPS) is 16.3.